The van der Waals surface area contributed by atoms with E-state index in [1.807, 2.05) is 20.8 Å². The highest BCUT2D eigenvalue weighted by Gasteiger charge is 2.16. The molecule has 0 radical (unpaired) electrons. The number of benzene rings is 1. The van der Waals surface area contributed by atoms with Crippen molar-refractivity contribution >= 4 is 29.2 Å². The Kier molecular flexibility index (Phi) is 13.4. The molecule has 27 heavy (non-hydrogen) atoms. The molecule has 7 nitrogen and oxygen atoms in total. The van der Waals surface area contributed by atoms with Crippen LogP contribution in [0.2, 0.25) is 0 Å². The molecule has 0 heterocycles. The lowest BCUT2D eigenvalue weighted by molar-refractivity contribution is -0.144. The monoisotopic (exact) mass is 379 g/mol. The zero-order chi connectivity index (χ0) is 20.7. The lowest BCUT2D eigenvalue weighted by Crippen LogP contribution is -2.36. The largest absolute Gasteiger partial charge is 0.466 e. The van der Waals surface area contributed by atoms with Gasteiger partial charge in [-0.2, -0.15) is 0 Å². The first-order valence-corrected chi connectivity index (χ1v) is 9.58. The van der Waals surface area contributed by atoms with Gasteiger partial charge >= 0.3 is 5.97 Å². The van der Waals surface area contributed by atoms with E-state index in [1.165, 1.54) is 0 Å². The lowest BCUT2D eigenvalue weighted by Gasteiger charge is -2.12. The van der Waals surface area contributed by atoms with Crippen LogP contribution in [0, 0.1) is 0 Å². The Hall–Kier alpha value is -2.41. The van der Waals surface area contributed by atoms with Gasteiger partial charge in [-0.1, -0.05) is 34.1 Å². The maximum Gasteiger partial charge on any atom is 0.305 e. The number of hydrogen-bond donors (Lipinski definition) is 3. The summed E-state index contributed by atoms with van der Waals surface area (Å²) in [5.41, 5.74) is 7.03. The summed E-state index contributed by atoms with van der Waals surface area (Å²) >= 11 is 0. The third-order valence-corrected chi connectivity index (χ3v) is 3.51. The van der Waals surface area contributed by atoms with Gasteiger partial charge < -0.3 is 21.1 Å². The predicted molar refractivity (Wildman–Crippen MR) is 108 cm³/mol. The minimum Gasteiger partial charge on any atom is -0.466 e. The van der Waals surface area contributed by atoms with Gasteiger partial charge in [-0.15, -0.1) is 0 Å². The van der Waals surface area contributed by atoms with E-state index in [4.69, 9.17) is 10.5 Å². The molecule has 0 aliphatic heterocycles. The van der Waals surface area contributed by atoms with E-state index in [9.17, 15) is 14.4 Å². The number of hydrogen-bond acceptors (Lipinski definition) is 5. The van der Waals surface area contributed by atoms with Crippen LogP contribution in [0.15, 0.2) is 24.3 Å². The SMILES string of the molecule is CC.CCCCOC(=O)CCC(N)C(=O)Nc1ccc(NC(=O)CC)cc1. The highest BCUT2D eigenvalue weighted by Crippen LogP contribution is 2.14. The molecule has 7 heteroatoms. The van der Waals surface area contributed by atoms with E-state index in [-0.39, 0.29) is 30.6 Å². The number of rotatable bonds is 10. The number of amides is 2. The zero-order valence-corrected chi connectivity index (χ0v) is 16.8. The second kappa shape index (κ2) is 14.7. The Morgan fingerprint density at radius 1 is 1.04 bits per heavy atom. The van der Waals surface area contributed by atoms with Gasteiger partial charge in [0.15, 0.2) is 0 Å². The van der Waals surface area contributed by atoms with Gasteiger partial charge in [0, 0.05) is 24.2 Å². The summed E-state index contributed by atoms with van der Waals surface area (Å²) in [6, 6.07) is 5.95. The molecule has 1 aromatic carbocycles. The fourth-order valence-electron chi connectivity index (χ4n) is 1.93. The molecule has 1 atom stereocenters. The second-order valence-electron chi connectivity index (χ2n) is 5.69. The van der Waals surface area contributed by atoms with Crippen molar-refractivity contribution in [2.24, 2.45) is 5.73 Å². The third-order valence-electron chi connectivity index (χ3n) is 3.51. The maximum atomic E-state index is 12.0. The number of anilines is 2. The lowest BCUT2D eigenvalue weighted by atomic mass is 10.1. The Balaban J connectivity index is 0.00000326. The number of esters is 1. The zero-order valence-electron chi connectivity index (χ0n) is 16.8. The van der Waals surface area contributed by atoms with Crippen molar-refractivity contribution in [3.8, 4) is 0 Å². The molecule has 0 spiro atoms. The number of carbonyl (C=O) groups is 3. The number of nitrogens with one attached hydrogen (secondary N) is 2. The van der Waals surface area contributed by atoms with Crippen molar-refractivity contribution in [3.05, 3.63) is 24.3 Å². The van der Waals surface area contributed by atoms with Crippen molar-refractivity contribution in [2.75, 3.05) is 17.2 Å². The molecule has 0 fully saturated rings. The fraction of sp³-hybridized carbons (Fsp3) is 0.550. The normalized spacial score (nSPS) is 10.9. The van der Waals surface area contributed by atoms with E-state index in [0.717, 1.165) is 12.8 Å². The third kappa shape index (κ3) is 11.0. The van der Waals surface area contributed by atoms with Crippen LogP contribution < -0.4 is 16.4 Å². The molecule has 1 aromatic rings. The van der Waals surface area contributed by atoms with Gasteiger partial charge in [-0.25, -0.2) is 0 Å². The Morgan fingerprint density at radius 2 is 1.59 bits per heavy atom. The molecular formula is C20H33N3O4. The van der Waals surface area contributed by atoms with E-state index in [2.05, 4.69) is 10.6 Å². The fourth-order valence-corrected chi connectivity index (χ4v) is 1.93. The molecule has 0 saturated carbocycles. The molecule has 4 N–H and O–H groups in total. The number of nitrogens with two attached hydrogens (primary N) is 1. The van der Waals surface area contributed by atoms with Crippen molar-refractivity contribution in [1.29, 1.82) is 0 Å². The molecule has 0 aliphatic rings. The Bertz CT molecular complexity index is 573. The number of ether oxygens (including phenoxy) is 1. The average Bonchev–Trinajstić information content (AvgIpc) is 2.69. The van der Waals surface area contributed by atoms with Crippen LogP contribution in [0.4, 0.5) is 11.4 Å². The summed E-state index contributed by atoms with van der Waals surface area (Å²) in [5.74, 6) is -0.788. The second-order valence-corrected chi connectivity index (χ2v) is 5.69. The Labute approximate surface area is 162 Å². The van der Waals surface area contributed by atoms with Gasteiger partial charge in [-0.3, -0.25) is 14.4 Å². The molecule has 0 bridgehead atoms. The minimum absolute atomic E-state index is 0.0790. The molecule has 1 rings (SSSR count). The predicted octanol–water partition coefficient (Wildman–Crippen LogP) is 3.45. The van der Waals surface area contributed by atoms with Gasteiger partial charge in [0.1, 0.15) is 0 Å². The topological polar surface area (TPSA) is 111 Å². The maximum absolute atomic E-state index is 12.0. The van der Waals surface area contributed by atoms with Crippen molar-refractivity contribution in [3.63, 3.8) is 0 Å². The highest BCUT2D eigenvalue weighted by atomic mass is 16.5. The first-order chi connectivity index (χ1) is 13.0. The molecule has 0 saturated heterocycles. The van der Waals surface area contributed by atoms with Crippen LogP contribution >= 0.6 is 0 Å². The van der Waals surface area contributed by atoms with E-state index >= 15 is 0 Å². The quantitative estimate of drug-likeness (QED) is 0.426. The van der Waals surface area contributed by atoms with E-state index in [1.54, 1.807) is 31.2 Å². The summed E-state index contributed by atoms with van der Waals surface area (Å²) in [5, 5.41) is 5.40. The first-order valence-electron chi connectivity index (χ1n) is 9.58. The molecular weight excluding hydrogens is 346 g/mol. The summed E-state index contributed by atoms with van der Waals surface area (Å²) in [7, 11) is 0. The van der Waals surface area contributed by atoms with Crippen LogP contribution in [0.3, 0.4) is 0 Å². The molecule has 0 aliphatic carbocycles. The van der Waals surface area contributed by atoms with Crippen molar-refractivity contribution < 1.29 is 19.1 Å². The number of carbonyl (C=O) groups excluding carboxylic acids is 3. The molecule has 2 amide bonds. The molecule has 0 aromatic heterocycles. The Morgan fingerprint density at radius 3 is 2.11 bits per heavy atom. The average molecular weight is 380 g/mol. The van der Waals surface area contributed by atoms with Crippen molar-refractivity contribution in [1.82, 2.24) is 0 Å². The summed E-state index contributed by atoms with van der Waals surface area (Å²) in [6.45, 7) is 8.18. The smallest absolute Gasteiger partial charge is 0.305 e. The van der Waals surface area contributed by atoms with Gasteiger partial charge in [-0.05, 0) is 37.1 Å². The highest BCUT2D eigenvalue weighted by molar-refractivity contribution is 5.95. The van der Waals surface area contributed by atoms with Gasteiger partial charge in [0.2, 0.25) is 11.8 Å². The van der Waals surface area contributed by atoms with Gasteiger partial charge in [0.05, 0.1) is 12.6 Å². The van der Waals surface area contributed by atoms with Crippen LogP contribution in [0.25, 0.3) is 0 Å². The van der Waals surface area contributed by atoms with E-state index in [0.29, 0.717) is 24.4 Å². The molecule has 1 unspecified atom stereocenters. The number of unbranched alkanes of at least 4 members (excludes halogenated alkanes) is 1. The van der Waals surface area contributed by atoms with E-state index < -0.39 is 6.04 Å². The van der Waals surface area contributed by atoms with Gasteiger partial charge in [0.25, 0.3) is 0 Å². The summed E-state index contributed by atoms with van der Waals surface area (Å²) < 4.78 is 5.02. The van der Waals surface area contributed by atoms with Crippen LogP contribution in [-0.2, 0) is 19.1 Å². The van der Waals surface area contributed by atoms with Crippen molar-refractivity contribution in [2.45, 2.75) is 65.8 Å². The summed E-state index contributed by atoms with van der Waals surface area (Å²) in [4.78, 5) is 34.9. The standard InChI is InChI=1S/C18H27N3O4.C2H6/c1-3-5-12-25-17(23)11-10-15(19)18(24)21-14-8-6-13(7-9-14)20-16(22)4-2;1-2/h6-9,15H,3-5,10-12,19H2,1-2H3,(H,20,22)(H,21,24);1-2H3. The van der Waals surface area contributed by atoms with Crippen LogP contribution in [0.1, 0.15) is 59.8 Å². The first kappa shape index (κ1) is 24.6. The summed E-state index contributed by atoms with van der Waals surface area (Å²) in [6.07, 6.45) is 2.51. The minimum atomic E-state index is -0.793. The molecule has 152 valence electrons. The van der Waals surface area contributed by atoms with Crippen LogP contribution in [-0.4, -0.2) is 30.4 Å². The van der Waals surface area contributed by atoms with Crippen LogP contribution in [0.5, 0.6) is 0 Å².